The van der Waals surface area contributed by atoms with E-state index >= 15 is 0 Å². The van der Waals surface area contributed by atoms with Crippen molar-refractivity contribution >= 4 is 23.0 Å². The van der Waals surface area contributed by atoms with E-state index in [2.05, 4.69) is 10.3 Å². The Kier molecular flexibility index (Phi) is 2.59. The number of halogens is 2. The molecule has 94 valence electrons. The van der Waals surface area contributed by atoms with Gasteiger partial charge in [0, 0.05) is 11.6 Å². The molecule has 0 atom stereocenters. The first-order valence-corrected chi connectivity index (χ1v) is 5.59. The molecule has 0 aromatic heterocycles. The molecule has 1 aliphatic heterocycles. The highest BCUT2D eigenvalue weighted by Gasteiger charge is 2.25. The smallest absolute Gasteiger partial charge is 0.275 e. The van der Waals surface area contributed by atoms with E-state index in [0.29, 0.717) is 11.3 Å². The van der Waals surface area contributed by atoms with Gasteiger partial charge in [0.25, 0.3) is 5.91 Å². The van der Waals surface area contributed by atoms with Gasteiger partial charge in [-0.3, -0.25) is 4.79 Å². The molecular weight excluding hydrogens is 250 g/mol. The lowest BCUT2D eigenvalue weighted by Gasteiger charge is -1.98. The van der Waals surface area contributed by atoms with E-state index in [0.717, 1.165) is 12.1 Å². The number of aliphatic imine (C=N–C) groups is 1. The van der Waals surface area contributed by atoms with Crippen LogP contribution in [-0.2, 0) is 4.79 Å². The number of para-hydroxylation sites is 1. The van der Waals surface area contributed by atoms with Crippen LogP contribution in [-0.4, -0.2) is 11.6 Å². The predicted molar refractivity (Wildman–Crippen MR) is 67.6 cm³/mol. The number of amides is 1. The van der Waals surface area contributed by atoms with Gasteiger partial charge in [0.2, 0.25) is 0 Å². The Balaban J connectivity index is 2.08. The molecule has 0 saturated carbocycles. The van der Waals surface area contributed by atoms with Gasteiger partial charge in [-0.25, -0.2) is 13.8 Å². The van der Waals surface area contributed by atoms with Gasteiger partial charge in [0.05, 0.1) is 11.4 Å². The molecule has 0 unspecified atom stereocenters. The van der Waals surface area contributed by atoms with E-state index in [-0.39, 0.29) is 17.3 Å². The van der Waals surface area contributed by atoms with Crippen molar-refractivity contribution in [2.75, 3.05) is 5.32 Å². The van der Waals surface area contributed by atoms with Crippen LogP contribution < -0.4 is 5.32 Å². The summed E-state index contributed by atoms with van der Waals surface area (Å²) < 4.78 is 25.9. The highest BCUT2D eigenvalue weighted by molar-refractivity contribution is 6.54. The molecule has 19 heavy (non-hydrogen) atoms. The predicted octanol–water partition coefficient (Wildman–Crippen LogP) is 3.04. The number of benzene rings is 2. The van der Waals surface area contributed by atoms with Crippen LogP contribution in [0.15, 0.2) is 47.5 Å². The van der Waals surface area contributed by atoms with Crippen molar-refractivity contribution in [3.8, 4) is 0 Å². The molecule has 1 N–H and O–H groups in total. The van der Waals surface area contributed by atoms with Gasteiger partial charge in [-0.15, -0.1) is 0 Å². The van der Waals surface area contributed by atoms with Gasteiger partial charge < -0.3 is 5.32 Å². The minimum atomic E-state index is -0.992. The second-order valence-corrected chi connectivity index (χ2v) is 4.06. The average Bonchev–Trinajstić information content (AvgIpc) is 2.71. The molecule has 5 heteroatoms. The lowest BCUT2D eigenvalue weighted by molar-refractivity contribution is -0.110. The van der Waals surface area contributed by atoms with Crippen LogP contribution in [0.1, 0.15) is 5.56 Å². The van der Waals surface area contributed by atoms with Crippen molar-refractivity contribution in [1.29, 1.82) is 0 Å². The van der Waals surface area contributed by atoms with Crippen LogP contribution in [0.3, 0.4) is 0 Å². The van der Waals surface area contributed by atoms with Crippen LogP contribution in [0.2, 0.25) is 0 Å². The Morgan fingerprint density at radius 3 is 2.58 bits per heavy atom. The third-order valence-electron chi connectivity index (χ3n) is 2.79. The standard InChI is InChI=1S/C14H8F2N2O/c15-10-6-5-8(7-11(10)16)17-13-9-3-1-2-4-12(9)18-14(13)19/h1-7H,(H,17,18,19). The fourth-order valence-electron chi connectivity index (χ4n) is 1.90. The van der Waals surface area contributed by atoms with Gasteiger partial charge in [0.15, 0.2) is 11.6 Å². The summed E-state index contributed by atoms with van der Waals surface area (Å²) in [6.07, 6.45) is 0. The second-order valence-electron chi connectivity index (χ2n) is 4.06. The maximum absolute atomic E-state index is 13.1. The molecule has 0 saturated heterocycles. The Morgan fingerprint density at radius 1 is 1.00 bits per heavy atom. The van der Waals surface area contributed by atoms with Crippen molar-refractivity contribution in [3.05, 3.63) is 59.7 Å². The van der Waals surface area contributed by atoms with Gasteiger partial charge in [-0.2, -0.15) is 0 Å². The normalized spacial score (nSPS) is 15.5. The number of carbonyl (C=O) groups excluding carboxylic acids is 1. The molecular formula is C14H8F2N2O. The molecule has 2 aromatic rings. The summed E-state index contributed by atoms with van der Waals surface area (Å²) in [5, 5.41) is 2.66. The molecule has 3 nitrogen and oxygen atoms in total. The number of nitrogens with one attached hydrogen (secondary N) is 1. The molecule has 3 rings (SSSR count). The Morgan fingerprint density at radius 2 is 1.79 bits per heavy atom. The lowest BCUT2D eigenvalue weighted by atomic mass is 10.1. The first-order chi connectivity index (χ1) is 9.15. The molecule has 0 radical (unpaired) electrons. The molecule has 0 bridgehead atoms. The summed E-state index contributed by atoms with van der Waals surface area (Å²) >= 11 is 0. The van der Waals surface area contributed by atoms with E-state index in [9.17, 15) is 13.6 Å². The summed E-state index contributed by atoms with van der Waals surface area (Å²) in [6, 6.07) is 10.3. The van der Waals surface area contributed by atoms with Crippen LogP contribution >= 0.6 is 0 Å². The Bertz CT molecular complexity index is 710. The van der Waals surface area contributed by atoms with Gasteiger partial charge in [-0.05, 0) is 18.2 Å². The van der Waals surface area contributed by atoms with E-state index in [1.165, 1.54) is 6.07 Å². The number of fused-ring (bicyclic) bond motifs is 1. The fraction of sp³-hybridized carbons (Fsp3) is 0. The fourth-order valence-corrected chi connectivity index (χ4v) is 1.90. The van der Waals surface area contributed by atoms with Crippen molar-refractivity contribution in [1.82, 2.24) is 0 Å². The summed E-state index contributed by atoms with van der Waals surface area (Å²) in [5.41, 5.74) is 1.70. The number of nitrogens with zero attached hydrogens (tertiary/aromatic N) is 1. The summed E-state index contributed by atoms with van der Waals surface area (Å²) in [7, 11) is 0. The molecule has 0 fully saturated rings. The first-order valence-electron chi connectivity index (χ1n) is 5.59. The van der Waals surface area contributed by atoms with Gasteiger partial charge in [0.1, 0.15) is 5.71 Å². The van der Waals surface area contributed by atoms with E-state index in [1.54, 1.807) is 24.3 Å². The molecule has 1 heterocycles. The quantitative estimate of drug-likeness (QED) is 0.839. The average molecular weight is 258 g/mol. The van der Waals surface area contributed by atoms with E-state index in [1.807, 2.05) is 0 Å². The second kappa shape index (κ2) is 4.28. The number of hydrogen-bond donors (Lipinski definition) is 1. The van der Waals surface area contributed by atoms with Crippen LogP contribution in [0.5, 0.6) is 0 Å². The number of hydrogen-bond acceptors (Lipinski definition) is 2. The van der Waals surface area contributed by atoms with E-state index < -0.39 is 11.6 Å². The number of carbonyl (C=O) groups is 1. The Hall–Kier alpha value is -2.56. The van der Waals surface area contributed by atoms with Crippen LogP contribution in [0.4, 0.5) is 20.2 Å². The largest absolute Gasteiger partial charge is 0.320 e. The third-order valence-corrected chi connectivity index (χ3v) is 2.79. The van der Waals surface area contributed by atoms with Crippen molar-refractivity contribution in [2.45, 2.75) is 0 Å². The van der Waals surface area contributed by atoms with Crippen molar-refractivity contribution in [3.63, 3.8) is 0 Å². The minimum Gasteiger partial charge on any atom is -0.320 e. The molecule has 0 spiro atoms. The van der Waals surface area contributed by atoms with Crippen LogP contribution in [0, 0.1) is 11.6 Å². The first kappa shape index (κ1) is 11.5. The van der Waals surface area contributed by atoms with Gasteiger partial charge >= 0.3 is 0 Å². The van der Waals surface area contributed by atoms with Gasteiger partial charge in [-0.1, -0.05) is 18.2 Å². The molecule has 1 aliphatic rings. The van der Waals surface area contributed by atoms with Crippen molar-refractivity contribution in [2.24, 2.45) is 4.99 Å². The zero-order valence-electron chi connectivity index (χ0n) is 9.65. The van der Waals surface area contributed by atoms with Crippen LogP contribution in [0.25, 0.3) is 0 Å². The molecule has 1 amide bonds. The van der Waals surface area contributed by atoms with Crippen molar-refractivity contribution < 1.29 is 13.6 Å². The maximum Gasteiger partial charge on any atom is 0.275 e. The monoisotopic (exact) mass is 258 g/mol. The maximum atomic E-state index is 13.1. The minimum absolute atomic E-state index is 0.195. The number of anilines is 1. The highest BCUT2D eigenvalue weighted by Crippen LogP contribution is 2.25. The molecule has 2 aromatic carbocycles. The third kappa shape index (κ3) is 1.99. The number of rotatable bonds is 1. The summed E-state index contributed by atoms with van der Waals surface area (Å²) in [5.74, 6) is -2.29. The SMILES string of the molecule is O=C1Nc2ccccc2C1=Nc1ccc(F)c(F)c1. The topological polar surface area (TPSA) is 41.5 Å². The lowest BCUT2D eigenvalue weighted by Crippen LogP contribution is -2.13. The Labute approximate surface area is 107 Å². The van der Waals surface area contributed by atoms with E-state index in [4.69, 9.17) is 0 Å². The molecule has 0 aliphatic carbocycles. The summed E-state index contributed by atoms with van der Waals surface area (Å²) in [4.78, 5) is 15.9. The summed E-state index contributed by atoms with van der Waals surface area (Å²) in [6.45, 7) is 0. The highest BCUT2D eigenvalue weighted by atomic mass is 19.2. The zero-order valence-corrected chi connectivity index (χ0v) is 9.65. The zero-order chi connectivity index (χ0) is 13.4.